The zero-order valence-corrected chi connectivity index (χ0v) is 30.8. The van der Waals surface area contributed by atoms with Crippen molar-refractivity contribution in [2.45, 2.75) is 40.0 Å². The summed E-state index contributed by atoms with van der Waals surface area (Å²) in [5, 5.41) is 0. The smallest absolute Gasteiger partial charge is 0.152 e. The van der Waals surface area contributed by atoms with Crippen molar-refractivity contribution >= 4 is 39.8 Å². The highest BCUT2D eigenvalue weighted by Crippen LogP contribution is 2.57. The van der Waals surface area contributed by atoms with Crippen molar-refractivity contribution in [3.05, 3.63) is 180 Å². The fourth-order valence-electron chi connectivity index (χ4n) is 8.45. The number of nitrogens with zero attached hydrogens (tertiary/aromatic N) is 4. The first-order chi connectivity index (χ1) is 25.8. The molecule has 260 valence electrons. The maximum atomic E-state index is 7.14. The SMILES string of the molecule is Cc1cc(C)c(N2CN(c3cccc(Oc4cc(-c5ccccn5)cc5c4N(c4ccccc4)c4ccccc4C5(C)C)c3)c3ccccc32)c(C)c1. The number of aryl methyl sites for hydroxylation is 3. The van der Waals surface area contributed by atoms with Crippen LogP contribution in [-0.4, -0.2) is 11.7 Å². The van der Waals surface area contributed by atoms with Gasteiger partial charge >= 0.3 is 0 Å². The number of anilines is 7. The molecule has 6 aromatic carbocycles. The third-order valence-electron chi connectivity index (χ3n) is 10.8. The second-order valence-electron chi connectivity index (χ2n) is 14.7. The normalized spacial score (nSPS) is 14.1. The van der Waals surface area contributed by atoms with Crippen LogP contribution < -0.4 is 19.4 Å². The summed E-state index contributed by atoms with van der Waals surface area (Å²) in [4.78, 5) is 12.0. The van der Waals surface area contributed by atoms with Crippen molar-refractivity contribution in [2.24, 2.45) is 0 Å². The number of benzene rings is 6. The maximum Gasteiger partial charge on any atom is 0.152 e. The molecule has 0 saturated heterocycles. The lowest BCUT2D eigenvalue weighted by Crippen LogP contribution is -2.31. The predicted octanol–water partition coefficient (Wildman–Crippen LogP) is 12.8. The van der Waals surface area contributed by atoms with E-state index in [-0.39, 0.29) is 5.41 Å². The van der Waals surface area contributed by atoms with E-state index < -0.39 is 0 Å². The van der Waals surface area contributed by atoms with Crippen LogP contribution >= 0.6 is 0 Å². The number of hydrogen-bond donors (Lipinski definition) is 0. The Kier molecular flexibility index (Phi) is 7.81. The first-order valence-corrected chi connectivity index (χ1v) is 18.3. The van der Waals surface area contributed by atoms with E-state index >= 15 is 0 Å². The molecule has 3 heterocycles. The Labute approximate surface area is 312 Å². The molecule has 2 aliphatic heterocycles. The van der Waals surface area contributed by atoms with E-state index in [0.717, 1.165) is 45.5 Å². The van der Waals surface area contributed by atoms with Gasteiger partial charge < -0.3 is 19.4 Å². The third kappa shape index (κ3) is 5.51. The quantitative estimate of drug-likeness (QED) is 0.173. The zero-order chi connectivity index (χ0) is 36.3. The van der Waals surface area contributed by atoms with Crippen LogP contribution in [0.2, 0.25) is 0 Å². The van der Waals surface area contributed by atoms with Crippen molar-refractivity contribution in [2.75, 3.05) is 21.4 Å². The van der Waals surface area contributed by atoms with Crippen molar-refractivity contribution < 1.29 is 4.74 Å². The van der Waals surface area contributed by atoms with Crippen LogP contribution in [0.25, 0.3) is 11.3 Å². The molecule has 0 aliphatic carbocycles. The lowest BCUT2D eigenvalue weighted by atomic mass is 9.72. The molecule has 1 aromatic heterocycles. The molecule has 2 aliphatic rings. The Morgan fingerprint density at radius 3 is 1.96 bits per heavy atom. The largest absolute Gasteiger partial charge is 0.455 e. The van der Waals surface area contributed by atoms with Gasteiger partial charge in [-0.2, -0.15) is 0 Å². The fraction of sp³-hybridized carbons (Fsp3) is 0.146. The minimum absolute atomic E-state index is 0.309. The zero-order valence-electron chi connectivity index (χ0n) is 30.8. The summed E-state index contributed by atoms with van der Waals surface area (Å²) in [7, 11) is 0. The standard InChI is InChI=1S/C48H42N4O/c1-32-26-33(2)46(34(3)27-32)51-31-50(43-23-11-12-24-44(43)51)37-18-15-19-38(30-37)53-45-29-35(41-21-13-14-25-49-41)28-40-47(45)52(36-16-7-6-8-17-36)42-22-10-9-20-39(42)48(40,4)5/h6-30H,31H2,1-5H3. The Balaban J connectivity index is 1.18. The Morgan fingerprint density at radius 2 is 1.23 bits per heavy atom. The second kappa shape index (κ2) is 12.7. The third-order valence-corrected chi connectivity index (χ3v) is 10.8. The summed E-state index contributed by atoms with van der Waals surface area (Å²) >= 11 is 0. The lowest BCUT2D eigenvalue weighted by molar-refractivity contribution is 0.480. The Bertz CT molecular complexity index is 2470. The molecule has 0 saturated carbocycles. The molecule has 0 amide bonds. The monoisotopic (exact) mass is 690 g/mol. The molecule has 7 aromatic rings. The summed E-state index contributed by atoms with van der Waals surface area (Å²) < 4.78 is 7.14. The van der Waals surface area contributed by atoms with Gasteiger partial charge in [0.2, 0.25) is 0 Å². The van der Waals surface area contributed by atoms with Crippen LogP contribution in [0.15, 0.2) is 152 Å². The van der Waals surface area contributed by atoms with E-state index in [1.807, 2.05) is 18.3 Å². The van der Waals surface area contributed by atoms with E-state index in [1.54, 1.807) is 0 Å². The van der Waals surface area contributed by atoms with Gasteiger partial charge in [0.15, 0.2) is 5.75 Å². The van der Waals surface area contributed by atoms with E-state index in [1.165, 1.54) is 44.9 Å². The van der Waals surface area contributed by atoms with Crippen LogP contribution in [0.5, 0.6) is 11.5 Å². The molecule has 0 bridgehead atoms. The van der Waals surface area contributed by atoms with Crippen molar-refractivity contribution in [3.63, 3.8) is 0 Å². The highest BCUT2D eigenvalue weighted by atomic mass is 16.5. The van der Waals surface area contributed by atoms with Gasteiger partial charge in [-0.25, -0.2) is 0 Å². The molecule has 0 atom stereocenters. The number of pyridine rings is 1. The van der Waals surface area contributed by atoms with Crippen LogP contribution in [0.1, 0.15) is 41.7 Å². The maximum absolute atomic E-state index is 7.14. The van der Waals surface area contributed by atoms with Gasteiger partial charge in [-0.05, 0) is 110 Å². The van der Waals surface area contributed by atoms with Gasteiger partial charge in [0.05, 0.1) is 28.4 Å². The summed E-state index contributed by atoms with van der Waals surface area (Å²) in [5.41, 5.74) is 15.9. The number of para-hydroxylation sites is 4. The number of aromatic nitrogens is 1. The van der Waals surface area contributed by atoms with Crippen LogP contribution in [0, 0.1) is 20.8 Å². The van der Waals surface area contributed by atoms with E-state index in [4.69, 9.17) is 9.72 Å². The summed E-state index contributed by atoms with van der Waals surface area (Å²) in [6, 6.07) is 51.6. The van der Waals surface area contributed by atoms with Gasteiger partial charge in [0, 0.05) is 40.3 Å². The average molecular weight is 691 g/mol. The molecule has 0 fully saturated rings. The van der Waals surface area contributed by atoms with Crippen molar-refractivity contribution in [1.29, 1.82) is 0 Å². The highest BCUT2D eigenvalue weighted by Gasteiger charge is 2.39. The van der Waals surface area contributed by atoms with Gasteiger partial charge in [-0.15, -0.1) is 0 Å². The summed E-state index contributed by atoms with van der Waals surface area (Å²) in [5.74, 6) is 1.55. The molecule has 53 heavy (non-hydrogen) atoms. The van der Waals surface area contributed by atoms with Crippen LogP contribution in [0.4, 0.5) is 39.8 Å². The minimum Gasteiger partial charge on any atom is -0.455 e. The molecule has 9 rings (SSSR count). The van der Waals surface area contributed by atoms with Gasteiger partial charge in [-0.3, -0.25) is 4.98 Å². The van der Waals surface area contributed by atoms with E-state index in [2.05, 4.69) is 183 Å². The highest BCUT2D eigenvalue weighted by molar-refractivity contribution is 5.92. The Morgan fingerprint density at radius 1 is 0.566 bits per heavy atom. The van der Waals surface area contributed by atoms with Crippen LogP contribution in [0.3, 0.4) is 0 Å². The topological polar surface area (TPSA) is 31.8 Å². The van der Waals surface area contributed by atoms with Gasteiger partial charge in [-0.1, -0.05) is 92.2 Å². The Hall–Kier alpha value is -6.33. The molecule has 0 radical (unpaired) electrons. The lowest BCUT2D eigenvalue weighted by Gasteiger charge is -2.43. The number of hydrogen-bond acceptors (Lipinski definition) is 5. The molecular weight excluding hydrogens is 649 g/mol. The molecule has 0 spiro atoms. The molecule has 0 unspecified atom stereocenters. The first kappa shape index (κ1) is 32.6. The number of fused-ring (bicyclic) bond motifs is 3. The fourth-order valence-corrected chi connectivity index (χ4v) is 8.45. The molecule has 5 nitrogen and oxygen atoms in total. The van der Waals surface area contributed by atoms with Crippen LogP contribution in [-0.2, 0) is 5.41 Å². The average Bonchev–Trinajstić information content (AvgIpc) is 3.55. The summed E-state index contributed by atoms with van der Waals surface area (Å²) in [6.45, 7) is 11.9. The second-order valence-corrected chi connectivity index (χ2v) is 14.7. The minimum atomic E-state index is -0.309. The summed E-state index contributed by atoms with van der Waals surface area (Å²) in [6.07, 6.45) is 1.85. The van der Waals surface area contributed by atoms with Gasteiger partial charge in [0.1, 0.15) is 12.4 Å². The van der Waals surface area contributed by atoms with Gasteiger partial charge in [0.25, 0.3) is 0 Å². The predicted molar refractivity (Wildman–Crippen MR) is 219 cm³/mol. The van der Waals surface area contributed by atoms with E-state index in [9.17, 15) is 0 Å². The molecule has 5 heteroatoms. The van der Waals surface area contributed by atoms with Crippen molar-refractivity contribution in [3.8, 4) is 22.8 Å². The number of rotatable bonds is 6. The molecule has 0 N–H and O–H groups in total. The van der Waals surface area contributed by atoms with Crippen molar-refractivity contribution in [1.82, 2.24) is 4.98 Å². The van der Waals surface area contributed by atoms with E-state index in [0.29, 0.717) is 6.67 Å². The molecular formula is C48H42N4O. The number of ether oxygens (including phenoxy) is 1. The first-order valence-electron chi connectivity index (χ1n) is 18.3.